The maximum absolute atomic E-state index is 10.9. The Kier molecular flexibility index (Phi) is 6.70. The number of aromatic nitrogens is 1. The number of carbonyl (C=O) groups excluding carboxylic acids is 1. The van der Waals surface area contributed by atoms with Crippen molar-refractivity contribution in [2.75, 3.05) is 11.9 Å². The van der Waals surface area contributed by atoms with Gasteiger partial charge >= 0.3 is 15.6 Å². The van der Waals surface area contributed by atoms with Gasteiger partial charge in [0.1, 0.15) is 0 Å². The van der Waals surface area contributed by atoms with Gasteiger partial charge in [-0.15, -0.1) is 0 Å². The Morgan fingerprint density at radius 1 is 1.07 bits per heavy atom. The summed E-state index contributed by atoms with van der Waals surface area (Å²) >= 11 is 0. The molecular formula is C19H19F3N2O4S. The second-order valence-electron chi connectivity index (χ2n) is 6.16. The van der Waals surface area contributed by atoms with Gasteiger partial charge in [-0.3, -0.25) is 9.35 Å². The minimum Gasteiger partial charge on any atom is -0.364 e. The highest BCUT2D eigenvalue weighted by Crippen LogP contribution is 2.28. The van der Waals surface area contributed by atoms with Crippen LogP contribution in [0.25, 0.3) is 12.2 Å². The fourth-order valence-corrected chi connectivity index (χ4v) is 2.66. The molecule has 156 valence electrons. The predicted molar refractivity (Wildman–Crippen MR) is 105 cm³/mol. The van der Waals surface area contributed by atoms with Crippen molar-refractivity contribution in [1.29, 1.82) is 0 Å². The highest BCUT2D eigenvalue weighted by atomic mass is 32.2. The minimum atomic E-state index is -5.84. The first kappa shape index (κ1) is 22.4. The molecule has 1 N–H and O–H groups in total. The summed E-state index contributed by atoms with van der Waals surface area (Å²) in [5.74, 6) is 0. The number of likely N-dealkylation sites (N-methyl/N-ethyl adjacent to an activating group) is 1. The van der Waals surface area contributed by atoms with Crippen LogP contribution in [-0.4, -0.2) is 42.4 Å². The SMILES string of the molecule is CN1c2ccccc2C=CC1C=Cc1ccc(C=O)n1C.O=S(=O)(O)C(F)(F)F. The summed E-state index contributed by atoms with van der Waals surface area (Å²) in [7, 11) is -1.84. The number of nitrogens with zero attached hydrogens (tertiary/aromatic N) is 2. The molecule has 3 rings (SSSR count). The molecule has 0 saturated carbocycles. The van der Waals surface area contributed by atoms with Gasteiger partial charge in [-0.2, -0.15) is 21.6 Å². The second kappa shape index (κ2) is 8.66. The molecule has 0 spiro atoms. The lowest BCUT2D eigenvalue weighted by atomic mass is 10.0. The second-order valence-corrected chi connectivity index (χ2v) is 7.57. The van der Waals surface area contributed by atoms with Crippen LogP contribution < -0.4 is 4.90 Å². The number of aldehydes is 1. The molecule has 1 aliphatic rings. The van der Waals surface area contributed by atoms with Crippen LogP contribution in [-0.2, 0) is 17.2 Å². The number of anilines is 1. The molecule has 29 heavy (non-hydrogen) atoms. The van der Waals surface area contributed by atoms with E-state index in [1.807, 2.05) is 23.7 Å². The molecule has 1 aromatic heterocycles. The molecule has 0 bridgehead atoms. The van der Waals surface area contributed by atoms with Crippen molar-refractivity contribution >= 4 is 34.2 Å². The van der Waals surface area contributed by atoms with Gasteiger partial charge < -0.3 is 9.47 Å². The molecule has 2 heterocycles. The highest BCUT2D eigenvalue weighted by molar-refractivity contribution is 7.86. The van der Waals surface area contributed by atoms with Gasteiger partial charge in [0.2, 0.25) is 0 Å². The Bertz CT molecular complexity index is 1040. The van der Waals surface area contributed by atoms with Gasteiger partial charge in [0.05, 0.1) is 11.7 Å². The van der Waals surface area contributed by atoms with Crippen LogP contribution >= 0.6 is 0 Å². The first-order valence-electron chi connectivity index (χ1n) is 8.28. The predicted octanol–water partition coefficient (Wildman–Crippen LogP) is 3.78. The van der Waals surface area contributed by atoms with Gasteiger partial charge in [-0.25, -0.2) is 0 Å². The zero-order valence-corrected chi connectivity index (χ0v) is 16.4. The maximum atomic E-state index is 10.9. The summed E-state index contributed by atoms with van der Waals surface area (Å²) in [4.78, 5) is 13.1. The molecule has 0 radical (unpaired) electrons. The largest absolute Gasteiger partial charge is 0.522 e. The van der Waals surface area contributed by atoms with Gasteiger partial charge in [0.15, 0.2) is 6.29 Å². The van der Waals surface area contributed by atoms with Gasteiger partial charge in [0.25, 0.3) is 0 Å². The first-order chi connectivity index (χ1) is 13.5. The van der Waals surface area contributed by atoms with Crippen molar-refractivity contribution < 1.29 is 30.9 Å². The summed E-state index contributed by atoms with van der Waals surface area (Å²) in [6.45, 7) is 0. The van der Waals surface area contributed by atoms with Crippen molar-refractivity contribution in [2.45, 2.75) is 11.6 Å². The number of halogens is 3. The van der Waals surface area contributed by atoms with Crippen LogP contribution in [0, 0.1) is 0 Å². The van der Waals surface area contributed by atoms with E-state index in [-0.39, 0.29) is 6.04 Å². The van der Waals surface area contributed by atoms with Crippen molar-refractivity contribution in [2.24, 2.45) is 7.05 Å². The number of carbonyl (C=O) groups is 1. The first-order valence-corrected chi connectivity index (χ1v) is 9.72. The summed E-state index contributed by atoms with van der Waals surface area (Å²) in [5, 5.41) is 0. The maximum Gasteiger partial charge on any atom is 0.522 e. The molecule has 1 unspecified atom stereocenters. The van der Waals surface area contributed by atoms with E-state index in [4.69, 9.17) is 13.0 Å². The summed E-state index contributed by atoms with van der Waals surface area (Å²) in [6.07, 6.45) is 9.43. The Balaban J connectivity index is 0.000000321. The smallest absolute Gasteiger partial charge is 0.364 e. The quantitative estimate of drug-likeness (QED) is 0.457. The Labute approximate surface area is 166 Å². The highest BCUT2D eigenvalue weighted by Gasteiger charge is 2.44. The van der Waals surface area contributed by atoms with Crippen LogP contribution in [0.3, 0.4) is 0 Å². The molecule has 10 heteroatoms. The Morgan fingerprint density at radius 3 is 2.21 bits per heavy atom. The summed E-state index contributed by atoms with van der Waals surface area (Å²) in [5.41, 5.74) is -1.35. The minimum absolute atomic E-state index is 0.217. The molecule has 1 aliphatic heterocycles. The molecular weight excluding hydrogens is 409 g/mol. The number of benzene rings is 1. The van der Waals surface area contributed by atoms with Crippen LogP contribution in [0.4, 0.5) is 18.9 Å². The van der Waals surface area contributed by atoms with Crippen LogP contribution in [0.5, 0.6) is 0 Å². The number of fused-ring (bicyclic) bond motifs is 1. The fraction of sp³-hybridized carbons (Fsp3) is 0.211. The van der Waals surface area contributed by atoms with Crippen molar-refractivity contribution in [1.82, 2.24) is 4.57 Å². The van der Waals surface area contributed by atoms with Crippen LogP contribution in [0.15, 0.2) is 48.6 Å². The van der Waals surface area contributed by atoms with Gasteiger partial charge in [0, 0.05) is 25.5 Å². The molecule has 2 aromatic rings. The fourth-order valence-electron chi connectivity index (χ4n) is 2.66. The van der Waals surface area contributed by atoms with E-state index >= 15 is 0 Å². The van der Waals surface area contributed by atoms with E-state index in [1.165, 1.54) is 11.3 Å². The number of hydrogen-bond donors (Lipinski definition) is 1. The Hall–Kier alpha value is -2.85. The van der Waals surface area contributed by atoms with Gasteiger partial charge in [-0.05, 0) is 29.8 Å². The lowest BCUT2D eigenvalue weighted by molar-refractivity contribution is -0.0510. The topological polar surface area (TPSA) is 79.6 Å². The zero-order chi connectivity index (χ0) is 21.8. The molecule has 1 aromatic carbocycles. The third kappa shape index (κ3) is 5.36. The third-order valence-corrected chi connectivity index (χ3v) is 4.90. The average Bonchev–Trinajstić information content (AvgIpc) is 3.00. The average molecular weight is 428 g/mol. The molecule has 0 aliphatic carbocycles. The number of rotatable bonds is 3. The van der Waals surface area contributed by atoms with E-state index in [0.29, 0.717) is 5.69 Å². The van der Waals surface area contributed by atoms with Crippen molar-refractivity contribution in [3.8, 4) is 0 Å². The van der Waals surface area contributed by atoms with E-state index in [9.17, 15) is 18.0 Å². The Morgan fingerprint density at radius 2 is 1.66 bits per heavy atom. The van der Waals surface area contributed by atoms with Crippen LogP contribution in [0.1, 0.15) is 21.7 Å². The lowest BCUT2D eigenvalue weighted by Gasteiger charge is -2.30. The molecule has 0 amide bonds. The number of alkyl halides is 3. The summed E-state index contributed by atoms with van der Waals surface area (Å²) < 4.78 is 59.4. The normalized spacial score (nSPS) is 16.3. The van der Waals surface area contributed by atoms with E-state index in [1.54, 1.807) is 0 Å². The lowest BCUT2D eigenvalue weighted by Crippen LogP contribution is -2.30. The molecule has 6 nitrogen and oxygen atoms in total. The van der Waals surface area contributed by atoms with Gasteiger partial charge in [-0.1, -0.05) is 36.4 Å². The van der Waals surface area contributed by atoms with E-state index in [0.717, 1.165) is 12.0 Å². The molecule has 0 fully saturated rings. The summed E-state index contributed by atoms with van der Waals surface area (Å²) in [6, 6.07) is 12.4. The molecule has 0 saturated heterocycles. The number of hydrogen-bond acceptors (Lipinski definition) is 4. The van der Waals surface area contributed by atoms with Crippen molar-refractivity contribution in [3.05, 3.63) is 65.5 Å². The van der Waals surface area contributed by atoms with E-state index in [2.05, 4.69) is 60.5 Å². The zero-order valence-electron chi connectivity index (χ0n) is 15.5. The van der Waals surface area contributed by atoms with E-state index < -0.39 is 15.6 Å². The monoisotopic (exact) mass is 428 g/mol. The number of para-hydroxylation sites is 1. The standard InChI is InChI=1S/C18H18N2O.CHF3O3S/c1-19-15(11-12-17(19)13-21)9-10-16-8-7-14-5-3-4-6-18(14)20(16)2;2-1(3,4)8(5,6)7/h3-13,16H,1-2H3;(H,5,6,7). The van der Waals surface area contributed by atoms with Crippen LogP contribution in [0.2, 0.25) is 0 Å². The molecule has 1 atom stereocenters. The van der Waals surface area contributed by atoms with Crippen molar-refractivity contribution in [3.63, 3.8) is 0 Å². The third-order valence-electron chi connectivity index (χ3n) is 4.31.